The zero-order valence-corrected chi connectivity index (χ0v) is 23.7. The van der Waals surface area contributed by atoms with Gasteiger partial charge in [0.05, 0.1) is 19.1 Å². The molecule has 0 unspecified atom stereocenters. The Morgan fingerprint density at radius 3 is 2.35 bits per heavy atom. The van der Waals surface area contributed by atoms with Gasteiger partial charge in [-0.2, -0.15) is 0 Å². The Labute approximate surface area is 238 Å². The minimum Gasteiger partial charge on any atom is -0.497 e. The third kappa shape index (κ3) is 5.86. The van der Waals surface area contributed by atoms with Crippen LogP contribution in [0.25, 0.3) is 0 Å². The molecule has 1 aliphatic carbocycles. The van der Waals surface area contributed by atoms with Crippen molar-refractivity contribution in [2.45, 2.75) is 63.5 Å². The first-order valence-corrected chi connectivity index (χ1v) is 14.8. The van der Waals surface area contributed by atoms with Crippen LogP contribution in [0.4, 0.5) is 5.69 Å². The van der Waals surface area contributed by atoms with Gasteiger partial charge in [0.1, 0.15) is 5.75 Å². The second-order valence-corrected chi connectivity index (χ2v) is 10.8. The van der Waals surface area contributed by atoms with Crippen molar-refractivity contribution in [2.75, 3.05) is 31.6 Å². The van der Waals surface area contributed by atoms with Gasteiger partial charge in [0.2, 0.25) is 5.91 Å². The van der Waals surface area contributed by atoms with E-state index in [0.717, 1.165) is 62.1 Å². The molecule has 1 fully saturated rings. The molecule has 3 aromatic rings. The fourth-order valence-corrected chi connectivity index (χ4v) is 6.45. The third-order valence-corrected chi connectivity index (χ3v) is 8.49. The maximum Gasteiger partial charge on any atom is 0.254 e. The molecule has 2 aliphatic rings. The molecule has 0 spiro atoms. The number of carbonyl (C=O) groups excluding carboxylic acids is 2. The van der Waals surface area contributed by atoms with Crippen molar-refractivity contribution in [3.63, 3.8) is 0 Å². The van der Waals surface area contributed by atoms with Crippen molar-refractivity contribution in [3.05, 3.63) is 95.6 Å². The number of anilines is 1. The number of amides is 2. The molecule has 1 saturated carbocycles. The van der Waals surface area contributed by atoms with E-state index in [4.69, 9.17) is 4.74 Å². The average Bonchev–Trinajstić information content (AvgIpc) is 3.02. The van der Waals surface area contributed by atoms with Crippen LogP contribution in [0.15, 0.2) is 78.9 Å². The lowest BCUT2D eigenvalue weighted by Crippen LogP contribution is -2.52. The van der Waals surface area contributed by atoms with Crippen LogP contribution in [0.3, 0.4) is 0 Å². The molecule has 3 aromatic carbocycles. The van der Waals surface area contributed by atoms with Gasteiger partial charge in [0.15, 0.2) is 0 Å². The normalized spacial score (nSPS) is 19.1. The maximum absolute atomic E-state index is 14.1. The summed E-state index contributed by atoms with van der Waals surface area (Å²) in [6.45, 7) is 4.50. The van der Waals surface area contributed by atoms with Gasteiger partial charge in [-0.15, -0.1) is 0 Å². The first-order chi connectivity index (χ1) is 19.6. The molecule has 1 heterocycles. The highest BCUT2D eigenvalue weighted by molar-refractivity contribution is 6.01. The summed E-state index contributed by atoms with van der Waals surface area (Å²) in [5, 5.41) is 3.26. The SMILES string of the molecule is CCN(CCCNC(=O)[C@H]1c2ccccc2C(=O)N(C2CCCCC2)[C@H]1c1ccc(OC)cc1)c1ccccc1. The van der Waals surface area contributed by atoms with Gasteiger partial charge < -0.3 is 19.9 Å². The standard InChI is InChI=1S/C34H41N3O3/c1-3-36(26-13-6-4-7-14-26)24-12-23-35-33(38)31-29-17-10-11-18-30(29)34(39)37(27-15-8-5-9-16-27)32(31)25-19-21-28(40-2)22-20-25/h4,6-7,10-11,13-14,17-22,27,31-32H,3,5,8-9,12,15-16,23-24H2,1-2H3,(H,35,38)/t31-,32-/m0/s1. The third-order valence-electron chi connectivity index (χ3n) is 8.49. The van der Waals surface area contributed by atoms with E-state index >= 15 is 0 Å². The molecule has 6 heteroatoms. The van der Waals surface area contributed by atoms with E-state index in [9.17, 15) is 9.59 Å². The van der Waals surface area contributed by atoms with Crippen molar-refractivity contribution in [1.29, 1.82) is 0 Å². The summed E-state index contributed by atoms with van der Waals surface area (Å²) in [7, 11) is 1.65. The molecular weight excluding hydrogens is 498 g/mol. The molecule has 2 atom stereocenters. The topological polar surface area (TPSA) is 61.9 Å². The summed E-state index contributed by atoms with van der Waals surface area (Å²) in [6.07, 6.45) is 6.20. The van der Waals surface area contributed by atoms with Gasteiger partial charge in [-0.25, -0.2) is 0 Å². The number of hydrogen-bond donors (Lipinski definition) is 1. The van der Waals surface area contributed by atoms with Gasteiger partial charge >= 0.3 is 0 Å². The Morgan fingerprint density at radius 2 is 1.65 bits per heavy atom. The molecule has 1 aliphatic heterocycles. The molecule has 0 aromatic heterocycles. The summed E-state index contributed by atoms with van der Waals surface area (Å²) in [6, 6.07) is 25.7. The quantitative estimate of drug-likeness (QED) is 0.305. The van der Waals surface area contributed by atoms with Gasteiger partial charge in [-0.05, 0) is 67.6 Å². The molecule has 2 amide bonds. The first kappa shape index (κ1) is 27.8. The molecule has 210 valence electrons. The first-order valence-electron chi connectivity index (χ1n) is 14.8. The summed E-state index contributed by atoms with van der Waals surface area (Å²) < 4.78 is 5.41. The van der Waals surface area contributed by atoms with Gasteiger partial charge in [0, 0.05) is 36.9 Å². The van der Waals surface area contributed by atoms with E-state index in [1.807, 2.05) is 59.5 Å². The number of hydrogen-bond acceptors (Lipinski definition) is 4. The monoisotopic (exact) mass is 539 g/mol. The predicted molar refractivity (Wildman–Crippen MR) is 160 cm³/mol. The average molecular weight is 540 g/mol. The Hall–Kier alpha value is -3.80. The lowest BCUT2D eigenvalue weighted by molar-refractivity contribution is -0.124. The van der Waals surface area contributed by atoms with Gasteiger partial charge in [-0.3, -0.25) is 9.59 Å². The maximum atomic E-state index is 14.1. The summed E-state index contributed by atoms with van der Waals surface area (Å²) in [5.41, 5.74) is 3.63. The number of ether oxygens (including phenoxy) is 1. The molecular formula is C34H41N3O3. The molecule has 0 radical (unpaired) electrons. The molecule has 0 bridgehead atoms. The molecule has 5 rings (SSSR count). The van der Waals surface area contributed by atoms with Crippen LogP contribution < -0.4 is 15.0 Å². The van der Waals surface area contributed by atoms with E-state index in [0.29, 0.717) is 12.1 Å². The van der Waals surface area contributed by atoms with E-state index in [2.05, 4.69) is 41.4 Å². The predicted octanol–water partition coefficient (Wildman–Crippen LogP) is 6.34. The lowest BCUT2D eigenvalue weighted by Gasteiger charge is -2.46. The van der Waals surface area contributed by atoms with Crippen LogP contribution in [0.1, 0.15) is 78.9 Å². The van der Waals surface area contributed by atoms with Gasteiger partial charge in [0.25, 0.3) is 5.91 Å². The minimum atomic E-state index is -0.486. The number of benzene rings is 3. The number of methoxy groups -OCH3 is 1. The number of carbonyl (C=O) groups is 2. The highest BCUT2D eigenvalue weighted by atomic mass is 16.5. The Bertz CT molecular complexity index is 1270. The zero-order chi connectivity index (χ0) is 27.9. The molecule has 0 saturated heterocycles. The number of nitrogens with one attached hydrogen (secondary N) is 1. The van der Waals surface area contributed by atoms with Crippen LogP contribution in [0.5, 0.6) is 5.75 Å². The summed E-state index contributed by atoms with van der Waals surface area (Å²) in [5.74, 6) is 0.286. The fraction of sp³-hybridized carbons (Fsp3) is 0.412. The second kappa shape index (κ2) is 13.0. The number of fused-ring (bicyclic) bond motifs is 1. The smallest absolute Gasteiger partial charge is 0.254 e. The minimum absolute atomic E-state index is 0.0238. The number of nitrogens with zero attached hydrogens (tertiary/aromatic N) is 2. The van der Waals surface area contributed by atoms with Crippen molar-refractivity contribution < 1.29 is 14.3 Å². The van der Waals surface area contributed by atoms with Gasteiger partial charge in [-0.1, -0.05) is 67.8 Å². The number of para-hydroxylation sites is 1. The molecule has 6 nitrogen and oxygen atoms in total. The fourth-order valence-electron chi connectivity index (χ4n) is 6.45. The van der Waals surface area contributed by atoms with E-state index < -0.39 is 5.92 Å². The van der Waals surface area contributed by atoms with Crippen molar-refractivity contribution in [2.24, 2.45) is 0 Å². The van der Waals surface area contributed by atoms with Crippen LogP contribution in [-0.4, -0.2) is 49.5 Å². The Balaban J connectivity index is 1.42. The second-order valence-electron chi connectivity index (χ2n) is 10.8. The van der Waals surface area contributed by atoms with Crippen molar-refractivity contribution >= 4 is 17.5 Å². The lowest BCUT2D eigenvalue weighted by atomic mass is 9.77. The van der Waals surface area contributed by atoms with Crippen LogP contribution >= 0.6 is 0 Å². The van der Waals surface area contributed by atoms with E-state index in [1.165, 1.54) is 12.1 Å². The van der Waals surface area contributed by atoms with E-state index in [-0.39, 0.29) is 23.9 Å². The highest BCUT2D eigenvalue weighted by Gasteiger charge is 2.46. The summed E-state index contributed by atoms with van der Waals surface area (Å²) in [4.78, 5) is 32.5. The van der Waals surface area contributed by atoms with E-state index in [1.54, 1.807) is 7.11 Å². The Kier molecular flexibility index (Phi) is 9.04. The highest BCUT2D eigenvalue weighted by Crippen LogP contribution is 2.46. The Morgan fingerprint density at radius 1 is 0.950 bits per heavy atom. The van der Waals surface area contributed by atoms with Crippen molar-refractivity contribution in [1.82, 2.24) is 10.2 Å². The molecule has 1 N–H and O–H groups in total. The van der Waals surface area contributed by atoms with Crippen LogP contribution in [-0.2, 0) is 4.79 Å². The summed E-state index contributed by atoms with van der Waals surface area (Å²) >= 11 is 0. The van der Waals surface area contributed by atoms with Crippen LogP contribution in [0.2, 0.25) is 0 Å². The largest absolute Gasteiger partial charge is 0.497 e. The van der Waals surface area contributed by atoms with Crippen LogP contribution in [0, 0.1) is 0 Å². The molecule has 40 heavy (non-hydrogen) atoms. The number of rotatable bonds is 10. The van der Waals surface area contributed by atoms with Crippen molar-refractivity contribution in [3.8, 4) is 5.75 Å². The zero-order valence-electron chi connectivity index (χ0n) is 23.7.